The van der Waals surface area contributed by atoms with Gasteiger partial charge in [-0.05, 0) is 29.8 Å². The van der Waals surface area contributed by atoms with Crippen LogP contribution in [0.3, 0.4) is 0 Å². The molecule has 1 amide bonds. The quantitative estimate of drug-likeness (QED) is 0.799. The number of ether oxygens (including phenoxy) is 2. The van der Waals surface area contributed by atoms with Crippen LogP contribution in [0.2, 0.25) is 4.34 Å². The first-order valence-corrected chi connectivity index (χ1v) is 9.86. The van der Waals surface area contributed by atoms with Crippen molar-refractivity contribution in [2.45, 2.75) is 10.8 Å². The number of amides is 1. The number of carbonyl (C=O) groups is 1. The number of likely N-dealkylation sites (N-methyl/N-ethyl adjacent to an activating group) is 1. The van der Waals surface area contributed by atoms with Crippen LogP contribution >= 0.6 is 22.9 Å². The Morgan fingerprint density at radius 2 is 2.04 bits per heavy atom. The van der Waals surface area contributed by atoms with Crippen LogP contribution in [-0.4, -0.2) is 39.0 Å². The molecule has 0 radical (unpaired) electrons. The van der Waals surface area contributed by atoms with Gasteiger partial charge in [0.05, 0.1) is 10.9 Å². The number of nitrogens with one attached hydrogen (secondary N) is 1. The van der Waals surface area contributed by atoms with E-state index in [0.717, 1.165) is 21.2 Å². The van der Waals surface area contributed by atoms with Crippen LogP contribution in [-0.2, 0) is 21.4 Å². The van der Waals surface area contributed by atoms with Gasteiger partial charge in [-0.25, -0.2) is 8.42 Å². The lowest BCUT2D eigenvalue weighted by Crippen LogP contribution is -2.37. The maximum atomic E-state index is 12.4. The van der Waals surface area contributed by atoms with E-state index in [4.69, 9.17) is 21.1 Å². The molecule has 0 saturated carbocycles. The molecule has 134 valence electrons. The zero-order valence-corrected chi connectivity index (χ0v) is 15.6. The SMILES string of the molecule is CN(CC(=O)NCc1ccc2c(c1)OCO2)S(=O)(=O)c1ccc(Cl)s1. The third-order valence-electron chi connectivity index (χ3n) is 3.51. The molecule has 0 saturated heterocycles. The Bertz CT molecular complexity index is 897. The molecule has 1 aromatic carbocycles. The molecule has 0 fully saturated rings. The van der Waals surface area contributed by atoms with Crippen LogP contribution < -0.4 is 14.8 Å². The van der Waals surface area contributed by atoms with Crippen LogP contribution in [0.15, 0.2) is 34.5 Å². The van der Waals surface area contributed by atoms with Crippen LogP contribution in [0.25, 0.3) is 0 Å². The van der Waals surface area contributed by atoms with Crippen LogP contribution in [0.4, 0.5) is 0 Å². The van der Waals surface area contributed by atoms with E-state index in [-0.39, 0.29) is 24.1 Å². The van der Waals surface area contributed by atoms with Gasteiger partial charge in [-0.3, -0.25) is 4.79 Å². The molecule has 2 heterocycles. The number of fused-ring (bicyclic) bond motifs is 1. The number of thiophene rings is 1. The lowest BCUT2D eigenvalue weighted by molar-refractivity contribution is -0.121. The number of hydrogen-bond donors (Lipinski definition) is 1. The van der Waals surface area contributed by atoms with Gasteiger partial charge in [0, 0.05) is 13.6 Å². The van der Waals surface area contributed by atoms with E-state index >= 15 is 0 Å². The van der Waals surface area contributed by atoms with E-state index in [1.807, 2.05) is 6.07 Å². The Kier molecular flexibility index (Phi) is 5.19. The van der Waals surface area contributed by atoms with Crippen molar-refractivity contribution in [3.8, 4) is 11.5 Å². The number of benzene rings is 1. The predicted octanol–water partition coefficient (Wildman–Crippen LogP) is 2.07. The van der Waals surface area contributed by atoms with Crippen LogP contribution in [0.1, 0.15) is 5.56 Å². The maximum absolute atomic E-state index is 12.4. The second-order valence-corrected chi connectivity index (χ2v) is 9.27. The molecule has 1 aliphatic rings. The van der Waals surface area contributed by atoms with E-state index in [0.29, 0.717) is 15.8 Å². The minimum absolute atomic E-state index is 0.101. The number of rotatable bonds is 6. The summed E-state index contributed by atoms with van der Waals surface area (Å²) in [6, 6.07) is 8.27. The van der Waals surface area contributed by atoms with Crippen molar-refractivity contribution in [3.05, 3.63) is 40.2 Å². The molecular weight excluding hydrogens is 388 g/mol. The predicted molar refractivity (Wildman–Crippen MR) is 93.6 cm³/mol. The highest BCUT2D eigenvalue weighted by molar-refractivity contribution is 7.91. The first-order valence-electron chi connectivity index (χ1n) is 7.23. The average Bonchev–Trinajstić information content (AvgIpc) is 3.21. The summed E-state index contributed by atoms with van der Waals surface area (Å²) in [5, 5.41) is 2.69. The number of hydrogen-bond acceptors (Lipinski definition) is 6. The number of sulfonamides is 1. The molecule has 0 aliphatic carbocycles. The Hall–Kier alpha value is -1.81. The second-order valence-electron chi connectivity index (χ2n) is 5.28. The minimum atomic E-state index is -3.73. The van der Waals surface area contributed by atoms with Crippen LogP contribution in [0.5, 0.6) is 11.5 Å². The smallest absolute Gasteiger partial charge is 0.252 e. The van der Waals surface area contributed by atoms with Gasteiger partial charge in [-0.15, -0.1) is 11.3 Å². The van der Waals surface area contributed by atoms with Crippen molar-refractivity contribution < 1.29 is 22.7 Å². The summed E-state index contributed by atoms with van der Waals surface area (Å²) >= 11 is 6.72. The van der Waals surface area contributed by atoms with Crippen LogP contribution in [0, 0.1) is 0 Å². The molecule has 1 aliphatic heterocycles. The first kappa shape index (κ1) is 18.0. The van der Waals surface area contributed by atoms with Crippen molar-refractivity contribution in [2.75, 3.05) is 20.4 Å². The molecule has 0 atom stereocenters. The summed E-state index contributed by atoms with van der Waals surface area (Å²) < 4.78 is 36.7. The van der Waals surface area contributed by atoms with Crippen molar-refractivity contribution >= 4 is 38.9 Å². The number of carbonyl (C=O) groups excluding carboxylic acids is 1. The highest BCUT2D eigenvalue weighted by atomic mass is 35.5. The largest absolute Gasteiger partial charge is 0.454 e. The summed E-state index contributed by atoms with van der Waals surface area (Å²) in [5.74, 6) is 0.878. The van der Waals surface area contributed by atoms with E-state index in [1.165, 1.54) is 19.2 Å². The molecule has 0 spiro atoms. The Balaban J connectivity index is 1.57. The van der Waals surface area contributed by atoms with E-state index < -0.39 is 15.9 Å². The fourth-order valence-electron chi connectivity index (χ4n) is 2.18. The van der Waals surface area contributed by atoms with Gasteiger partial charge in [-0.2, -0.15) is 4.31 Å². The highest BCUT2D eigenvalue weighted by Crippen LogP contribution is 2.32. The number of halogens is 1. The third-order valence-corrected chi connectivity index (χ3v) is 7.01. The Morgan fingerprint density at radius 1 is 1.28 bits per heavy atom. The molecule has 25 heavy (non-hydrogen) atoms. The molecular formula is C15H15ClN2O5S2. The second kappa shape index (κ2) is 7.20. The van der Waals surface area contributed by atoms with Crippen molar-refractivity contribution in [1.82, 2.24) is 9.62 Å². The van der Waals surface area contributed by atoms with E-state index in [9.17, 15) is 13.2 Å². The summed E-state index contributed by atoms with van der Waals surface area (Å²) in [6.45, 7) is 0.150. The maximum Gasteiger partial charge on any atom is 0.252 e. The van der Waals surface area contributed by atoms with Gasteiger partial charge in [0.25, 0.3) is 10.0 Å². The van der Waals surface area contributed by atoms with Gasteiger partial charge in [-0.1, -0.05) is 17.7 Å². The van der Waals surface area contributed by atoms with Gasteiger partial charge in [0.15, 0.2) is 11.5 Å². The van der Waals surface area contributed by atoms with E-state index in [1.54, 1.807) is 12.1 Å². The molecule has 3 rings (SSSR count). The monoisotopic (exact) mass is 402 g/mol. The van der Waals surface area contributed by atoms with Gasteiger partial charge >= 0.3 is 0 Å². The summed E-state index contributed by atoms with van der Waals surface area (Å²) in [5.41, 5.74) is 0.827. The Morgan fingerprint density at radius 3 is 2.76 bits per heavy atom. The molecule has 7 nitrogen and oxygen atoms in total. The molecule has 1 aromatic heterocycles. The third kappa shape index (κ3) is 4.06. The number of nitrogens with zero attached hydrogens (tertiary/aromatic N) is 1. The minimum Gasteiger partial charge on any atom is -0.454 e. The summed E-state index contributed by atoms with van der Waals surface area (Å²) in [7, 11) is -2.38. The standard InChI is InChI=1S/C15H15ClN2O5S2/c1-18(25(20,21)15-5-4-13(16)24-15)8-14(19)17-7-10-2-3-11-12(6-10)23-9-22-11/h2-6H,7-9H2,1H3,(H,17,19). The molecule has 1 N–H and O–H groups in total. The summed E-state index contributed by atoms with van der Waals surface area (Å²) in [6.07, 6.45) is 0. The topological polar surface area (TPSA) is 84.9 Å². The lowest BCUT2D eigenvalue weighted by atomic mass is 10.2. The summed E-state index contributed by atoms with van der Waals surface area (Å²) in [4.78, 5) is 12.0. The Labute approximate surface area is 154 Å². The fraction of sp³-hybridized carbons (Fsp3) is 0.267. The van der Waals surface area contributed by atoms with Crippen molar-refractivity contribution in [3.63, 3.8) is 0 Å². The molecule has 2 aromatic rings. The highest BCUT2D eigenvalue weighted by Gasteiger charge is 2.24. The zero-order chi connectivity index (χ0) is 18.0. The lowest BCUT2D eigenvalue weighted by Gasteiger charge is -2.15. The van der Waals surface area contributed by atoms with Gasteiger partial charge < -0.3 is 14.8 Å². The normalized spacial score (nSPS) is 13.2. The molecule has 0 bridgehead atoms. The van der Waals surface area contributed by atoms with E-state index in [2.05, 4.69) is 5.32 Å². The van der Waals surface area contributed by atoms with Crippen molar-refractivity contribution in [2.24, 2.45) is 0 Å². The zero-order valence-electron chi connectivity index (χ0n) is 13.2. The van der Waals surface area contributed by atoms with Gasteiger partial charge in [0.1, 0.15) is 4.21 Å². The molecule has 10 heteroatoms. The fourth-order valence-corrected chi connectivity index (χ4v) is 5.01. The first-order chi connectivity index (χ1) is 11.9. The van der Waals surface area contributed by atoms with Gasteiger partial charge in [0.2, 0.25) is 12.7 Å². The van der Waals surface area contributed by atoms with Crippen molar-refractivity contribution in [1.29, 1.82) is 0 Å². The molecule has 0 unspecified atom stereocenters. The average molecular weight is 403 g/mol.